The first-order chi connectivity index (χ1) is 12.1. The lowest BCUT2D eigenvalue weighted by Crippen LogP contribution is -2.12. The number of amides is 1. The highest BCUT2D eigenvalue weighted by molar-refractivity contribution is 6.30. The first-order valence-electron chi connectivity index (χ1n) is 7.78. The van der Waals surface area contributed by atoms with E-state index in [0.717, 1.165) is 11.3 Å². The number of halogens is 1. The van der Waals surface area contributed by atoms with Gasteiger partial charge in [0.05, 0.1) is 13.3 Å². The van der Waals surface area contributed by atoms with Crippen molar-refractivity contribution in [2.45, 2.75) is 12.8 Å². The summed E-state index contributed by atoms with van der Waals surface area (Å²) in [4.78, 5) is 16.2. The molecule has 3 rings (SSSR count). The molecule has 2 aromatic carbocycles. The van der Waals surface area contributed by atoms with Crippen LogP contribution in [0.5, 0.6) is 5.75 Å². The van der Waals surface area contributed by atoms with Crippen molar-refractivity contribution in [1.29, 1.82) is 0 Å². The zero-order valence-corrected chi connectivity index (χ0v) is 14.4. The van der Waals surface area contributed by atoms with Gasteiger partial charge in [-0.1, -0.05) is 17.7 Å². The van der Waals surface area contributed by atoms with Crippen LogP contribution in [0.1, 0.15) is 12.3 Å². The third-order valence-corrected chi connectivity index (χ3v) is 3.84. The summed E-state index contributed by atoms with van der Waals surface area (Å²) in [7, 11) is 1.62. The van der Waals surface area contributed by atoms with E-state index in [-0.39, 0.29) is 12.3 Å². The molecule has 0 saturated carbocycles. The molecule has 1 N–H and O–H groups in total. The topological polar surface area (TPSA) is 64.4 Å². The fourth-order valence-corrected chi connectivity index (χ4v) is 2.52. The number of hydrogen-bond donors (Lipinski definition) is 1. The number of ether oxygens (including phenoxy) is 1. The van der Waals surface area contributed by atoms with Gasteiger partial charge in [0, 0.05) is 29.1 Å². The van der Waals surface area contributed by atoms with Crippen molar-refractivity contribution in [3.63, 3.8) is 0 Å². The van der Waals surface area contributed by atoms with Gasteiger partial charge in [0.2, 0.25) is 5.91 Å². The second-order valence-corrected chi connectivity index (χ2v) is 5.84. The van der Waals surface area contributed by atoms with Crippen LogP contribution >= 0.6 is 11.6 Å². The number of anilines is 1. The molecule has 0 saturated heterocycles. The molecule has 1 amide bonds. The summed E-state index contributed by atoms with van der Waals surface area (Å²) in [6, 6.07) is 14.5. The number of aryl methyl sites for hydroxylation is 1. The highest BCUT2D eigenvalue weighted by Gasteiger charge is 2.09. The molecule has 0 unspecified atom stereocenters. The van der Waals surface area contributed by atoms with Crippen LogP contribution in [0, 0.1) is 0 Å². The minimum absolute atomic E-state index is 0.119. The van der Waals surface area contributed by atoms with E-state index >= 15 is 0 Å². The molecule has 5 nitrogen and oxygen atoms in total. The minimum atomic E-state index is -0.119. The number of aromatic nitrogens is 1. The molecule has 0 aliphatic heterocycles. The highest BCUT2D eigenvalue weighted by Crippen LogP contribution is 2.23. The average molecular weight is 357 g/mol. The number of hydrogen-bond acceptors (Lipinski definition) is 4. The largest absolute Gasteiger partial charge is 0.497 e. The Hall–Kier alpha value is -2.79. The van der Waals surface area contributed by atoms with Crippen molar-refractivity contribution in [2.24, 2.45) is 0 Å². The number of methoxy groups -OCH3 is 1. The van der Waals surface area contributed by atoms with Gasteiger partial charge in [0.15, 0.2) is 11.7 Å². The summed E-state index contributed by atoms with van der Waals surface area (Å²) in [5.74, 6) is 1.84. The van der Waals surface area contributed by atoms with Gasteiger partial charge in [-0.15, -0.1) is 0 Å². The van der Waals surface area contributed by atoms with Crippen molar-refractivity contribution >= 4 is 23.2 Å². The number of rotatable bonds is 6. The van der Waals surface area contributed by atoms with Gasteiger partial charge in [-0.3, -0.25) is 4.79 Å². The maximum absolute atomic E-state index is 12.0. The van der Waals surface area contributed by atoms with E-state index in [4.69, 9.17) is 20.8 Å². The van der Waals surface area contributed by atoms with E-state index in [1.165, 1.54) is 0 Å². The smallest absolute Gasteiger partial charge is 0.224 e. The van der Waals surface area contributed by atoms with Gasteiger partial charge in [0.25, 0.3) is 0 Å². The first kappa shape index (κ1) is 17.0. The normalized spacial score (nSPS) is 10.5. The molecule has 1 aromatic heterocycles. The molecule has 0 aliphatic rings. The number of carbonyl (C=O) groups excluding carboxylic acids is 1. The Kier molecular flexibility index (Phi) is 5.36. The lowest BCUT2D eigenvalue weighted by Gasteiger charge is -2.04. The Morgan fingerprint density at radius 3 is 2.76 bits per heavy atom. The molecule has 0 radical (unpaired) electrons. The second kappa shape index (κ2) is 7.85. The van der Waals surface area contributed by atoms with Gasteiger partial charge in [-0.2, -0.15) is 0 Å². The molecule has 0 bridgehead atoms. The summed E-state index contributed by atoms with van der Waals surface area (Å²) in [6.45, 7) is 0. The van der Waals surface area contributed by atoms with Crippen molar-refractivity contribution in [3.8, 4) is 17.1 Å². The summed E-state index contributed by atoms with van der Waals surface area (Å²) in [6.07, 6.45) is 2.35. The minimum Gasteiger partial charge on any atom is -0.497 e. The SMILES string of the molecule is COc1ccc(-c2cnc(CCC(=O)Nc3cccc(Cl)c3)o2)cc1. The Morgan fingerprint density at radius 1 is 1.24 bits per heavy atom. The van der Waals surface area contributed by atoms with Crippen LogP contribution in [0.2, 0.25) is 5.02 Å². The molecule has 0 atom stereocenters. The Morgan fingerprint density at radius 2 is 2.04 bits per heavy atom. The van der Waals surface area contributed by atoms with Crippen LogP contribution in [0.3, 0.4) is 0 Å². The molecule has 128 valence electrons. The van der Waals surface area contributed by atoms with Gasteiger partial charge in [0.1, 0.15) is 5.75 Å². The lowest BCUT2D eigenvalue weighted by atomic mass is 10.2. The standard InChI is InChI=1S/C19H17ClN2O3/c1-24-16-7-5-13(6-8-16)17-12-21-19(25-17)10-9-18(23)22-15-4-2-3-14(20)11-15/h2-8,11-12H,9-10H2,1H3,(H,22,23). The predicted molar refractivity (Wildman–Crippen MR) is 96.9 cm³/mol. The van der Waals surface area contributed by atoms with Gasteiger partial charge >= 0.3 is 0 Å². The Balaban J connectivity index is 1.56. The molecule has 1 heterocycles. The maximum Gasteiger partial charge on any atom is 0.224 e. The van der Waals surface area contributed by atoms with Crippen molar-refractivity contribution in [1.82, 2.24) is 4.98 Å². The van der Waals surface area contributed by atoms with Crippen LogP contribution < -0.4 is 10.1 Å². The average Bonchev–Trinajstić information content (AvgIpc) is 3.09. The number of nitrogens with one attached hydrogen (secondary N) is 1. The van der Waals surface area contributed by atoms with Crippen LogP contribution in [0.15, 0.2) is 59.1 Å². The number of oxazole rings is 1. The van der Waals surface area contributed by atoms with Crippen molar-refractivity contribution in [2.75, 3.05) is 12.4 Å². The van der Waals surface area contributed by atoms with E-state index in [0.29, 0.717) is 28.8 Å². The van der Waals surface area contributed by atoms with Crippen LogP contribution in [-0.4, -0.2) is 18.0 Å². The van der Waals surface area contributed by atoms with E-state index in [2.05, 4.69) is 10.3 Å². The first-order valence-corrected chi connectivity index (χ1v) is 8.16. The van der Waals surface area contributed by atoms with Crippen LogP contribution in [0.25, 0.3) is 11.3 Å². The number of benzene rings is 2. The molecule has 0 fully saturated rings. The van der Waals surface area contributed by atoms with E-state index < -0.39 is 0 Å². The second-order valence-electron chi connectivity index (χ2n) is 5.41. The highest BCUT2D eigenvalue weighted by atomic mass is 35.5. The molecule has 0 aliphatic carbocycles. The molecular formula is C19H17ClN2O3. The quantitative estimate of drug-likeness (QED) is 0.702. The van der Waals surface area contributed by atoms with Gasteiger partial charge < -0.3 is 14.5 Å². The molecule has 6 heteroatoms. The van der Waals surface area contributed by atoms with Crippen molar-refractivity contribution < 1.29 is 13.9 Å². The van der Waals surface area contributed by atoms with Gasteiger partial charge in [-0.25, -0.2) is 4.98 Å². The molecule has 3 aromatic rings. The van der Waals surface area contributed by atoms with E-state index in [1.54, 1.807) is 37.6 Å². The molecule has 25 heavy (non-hydrogen) atoms. The zero-order valence-electron chi connectivity index (χ0n) is 13.7. The third-order valence-electron chi connectivity index (χ3n) is 3.60. The Bertz CT molecular complexity index is 859. The summed E-state index contributed by atoms with van der Waals surface area (Å²) >= 11 is 5.90. The summed E-state index contributed by atoms with van der Waals surface area (Å²) in [5.41, 5.74) is 1.58. The fourth-order valence-electron chi connectivity index (χ4n) is 2.32. The summed E-state index contributed by atoms with van der Waals surface area (Å²) in [5, 5.41) is 3.38. The fraction of sp³-hybridized carbons (Fsp3) is 0.158. The van der Waals surface area contributed by atoms with E-state index in [9.17, 15) is 4.79 Å². The number of nitrogens with zero attached hydrogens (tertiary/aromatic N) is 1. The van der Waals surface area contributed by atoms with E-state index in [1.807, 2.05) is 24.3 Å². The monoisotopic (exact) mass is 356 g/mol. The van der Waals surface area contributed by atoms with Crippen molar-refractivity contribution in [3.05, 3.63) is 65.6 Å². The third kappa shape index (κ3) is 4.61. The van der Waals surface area contributed by atoms with Crippen LogP contribution in [-0.2, 0) is 11.2 Å². The Labute approximate surface area is 150 Å². The maximum atomic E-state index is 12.0. The predicted octanol–water partition coefficient (Wildman–Crippen LogP) is 4.57. The molecule has 0 spiro atoms. The summed E-state index contributed by atoms with van der Waals surface area (Å²) < 4.78 is 10.8. The van der Waals surface area contributed by atoms with Gasteiger partial charge in [-0.05, 0) is 42.5 Å². The zero-order chi connectivity index (χ0) is 17.6. The lowest BCUT2D eigenvalue weighted by molar-refractivity contribution is -0.116. The molecular weight excluding hydrogens is 340 g/mol. The van der Waals surface area contributed by atoms with Crippen LogP contribution in [0.4, 0.5) is 5.69 Å². The number of carbonyl (C=O) groups is 1.